The van der Waals surface area contributed by atoms with Crippen LogP contribution in [0.1, 0.15) is 45.5 Å². The molecule has 1 N–H and O–H groups in total. The number of ether oxygens (including phenoxy) is 1. The zero-order valence-corrected chi connectivity index (χ0v) is 19.0. The van der Waals surface area contributed by atoms with Crippen molar-refractivity contribution >= 4 is 29.2 Å². The number of nitrogens with zero attached hydrogens (tertiary/aromatic N) is 3. The van der Waals surface area contributed by atoms with Gasteiger partial charge in [0, 0.05) is 41.5 Å². The Bertz CT molecular complexity index is 1180. The first-order valence-corrected chi connectivity index (χ1v) is 10.6. The van der Waals surface area contributed by atoms with Gasteiger partial charge in [-0.05, 0) is 70.0 Å². The lowest BCUT2D eigenvalue weighted by atomic mass is 10.1. The van der Waals surface area contributed by atoms with Gasteiger partial charge in [-0.25, -0.2) is 0 Å². The van der Waals surface area contributed by atoms with Crippen LogP contribution in [0.3, 0.4) is 0 Å². The van der Waals surface area contributed by atoms with E-state index in [0.717, 1.165) is 35.6 Å². The highest BCUT2D eigenvalue weighted by Gasteiger charge is 2.35. The van der Waals surface area contributed by atoms with Gasteiger partial charge in [0.15, 0.2) is 5.69 Å². The van der Waals surface area contributed by atoms with Gasteiger partial charge < -0.3 is 9.72 Å². The number of halogens is 3. The number of benzene rings is 1. The van der Waals surface area contributed by atoms with Crippen molar-refractivity contribution in [2.45, 2.75) is 52.4 Å². The van der Waals surface area contributed by atoms with Crippen LogP contribution in [0.5, 0.6) is 0 Å². The fourth-order valence-electron chi connectivity index (χ4n) is 3.35. The molecule has 6 nitrogen and oxygen atoms in total. The lowest BCUT2D eigenvalue weighted by Crippen LogP contribution is -2.17. The second-order valence-electron chi connectivity index (χ2n) is 8.54. The molecule has 0 amide bonds. The largest absolute Gasteiger partial charge is 0.462 e. The van der Waals surface area contributed by atoms with E-state index in [1.165, 1.54) is 10.3 Å². The predicted molar refractivity (Wildman–Crippen MR) is 123 cm³/mol. The molecule has 0 bridgehead atoms. The molecule has 0 saturated carbocycles. The number of hydrogen-bond donors (Lipinski definition) is 1. The summed E-state index contributed by atoms with van der Waals surface area (Å²) < 4.78 is 44.9. The number of hydrogen-bond acceptors (Lipinski definition) is 4. The predicted octanol–water partition coefficient (Wildman–Crippen LogP) is 5.89. The number of aromatic amines is 1. The Morgan fingerprint density at radius 2 is 1.94 bits per heavy atom. The van der Waals surface area contributed by atoms with Crippen LogP contribution in [0.4, 0.5) is 13.2 Å². The first kappa shape index (κ1) is 24.3. The van der Waals surface area contributed by atoms with E-state index in [9.17, 15) is 18.0 Å². The molecule has 4 rings (SSSR count). The molecule has 176 valence electrons. The van der Waals surface area contributed by atoms with Crippen LogP contribution in [-0.4, -0.2) is 39.6 Å². The zero-order valence-electron chi connectivity index (χ0n) is 19.0. The fourth-order valence-corrected chi connectivity index (χ4v) is 3.35. The van der Waals surface area contributed by atoms with Crippen LogP contribution in [0.15, 0.2) is 41.4 Å². The molecule has 1 aliphatic rings. The minimum atomic E-state index is -4.45. The van der Waals surface area contributed by atoms with Crippen LogP contribution < -0.4 is 0 Å². The van der Waals surface area contributed by atoms with Gasteiger partial charge in [0.25, 0.3) is 6.47 Å². The molecule has 2 aromatic heterocycles. The van der Waals surface area contributed by atoms with Crippen LogP contribution in [0.2, 0.25) is 0 Å². The number of aliphatic imine (C=N–C) groups is 1. The summed E-state index contributed by atoms with van der Waals surface area (Å²) in [4.78, 5) is 17.2. The van der Waals surface area contributed by atoms with E-state index in [2.05, 4.69) is 19.8 Å². The molecule has 0 aliphatic carbocycles. The third-order valence-electron chi connectivity index (χ3n) is 4.93. The standard InChI is InChI=1S/C19H17F3N4.C5H10O2/c1-2-26-17(11-18(25-26)19(20,21)22)13-3-4-15-14(9-13)10-16(24-15)12-5-7-23-8-6-12;1-5(2,3)7-4-6/h3-5,7,9-11,24H,2,6,8H2,1H3;4H,1-3H3. The summed E-state index contributed by atoms with van der Waals surface area (Å²) in [5.41, 5.74) is 3.14. The quantitative estimate of drug-likeness (QED) is 0.494. The molecule has 0 radical (unpaired) electrons. The highest BCUT2D eigenvalue weighted by atomic mass is 19.4. The van der Waals surface area contributed by atoms with Crippen molar-refractivity contribution in [2.75, 3.05) is 6.54 Å². The molecule has 0 atom stereocenters. The van der Waals surface area contributed by atoms with Crippen molar-refractivity contribution in [3.63, 3.8) is 0 Å². The summed E-state index contributed by atoms with van der Waals surface area (Å²) in [6.07, 6.45) is 0.203. The van der Waals surface area contributed by atoms with Crippen LogP contribution in [-0.2, 0) is 22.3 Å². The fraction of sp³-hybridized carbons (Fsp3) is 0.375. The van der Waals surface area contributed by atoms with E-state index in [1.807, 2.05) is 51.1 Å². The number of carbonyl (C=O) groups is 1. The van der Waals surface area contributed by atoms with Gasteiger partial charge in [0.05, 0.1) is 5.69 Å². The highest BCUT2D eigenvalue weighted by Crippen LogP contribution is 2.33. The summed E-state index contributed by atoms with van der Waals surface area (Å²) in [6, 6.07) is 8.75. The summed E-state index contributed by atoms with van der Waals surface area (Å²) in [5.74, 6) is 0. The third kappa shape index (κ3) is 6.12. The molecular formula is C24H27F3N4O2. The smallest absolute Gasteiger partial charge is 0.435 e. The van der Waals surface area contributed by atoms with Crippen molar-refractivity contribution < 1.29 is 22.7 Å². The van der Waals surface area contributed by atoms with E-state index in [1.54, 1.807) is 13.1 Å². The second kappa shape index (κ2) is 9.64. The number of carbonyl (C=O) groups excluding carboxylic acids is 1. The maximum Gasteiger partial charge on any atom is 0.435 e. The van der Waals surface area contributed by atoms with Gasteiger partial charge in [-0.15, -0.1) is 0 Å². The Hall–Kier alpha value is -3.36. The molecular weight excluding hydrogens is 433 g/mol. The minimum absolute atomic E-state index is 0.318. The number of H-pyrrole nitrogens is 1. The maximum atomic E-state index is 13.0. The summed E-state index contributed by atoms with van der Waals surface area (Å²) >= 11 is 0. The van der Waals surface area contributed by atoms with Crippen molar-refractivity contribution in [3.05, 3.63) is 47.8 Å². The van der Waals surface area contributed by atoms with Gasteiger partial charge in [-0.2, -0.15) is 18.3 Å². The number of aryl methyl sites for hydroxylation is 1. The van der Waals surface area contributed by atoms with Gasteiger partial charge >= 0.3 is 6.18 Å². The highest BCUT2D eigenvalue weighted by molar-refractivity contribution is 5.92. The lowest BCUT2D eigenvalue weighted by molar-refractivity contribution is -0.141. The minimum Gasteiger partial charge on any atom is -0.462 e. The van der Waals surface area contributed by atoms with E-state index in [4.69, 9.17) is 0 Å². The van der Waals surface area contributed by atoms with Crippen LogP contribution >= 0.6 is 0 Å². The summed E-state index contributed by atoms with van der Waals surface area (Å²) in [6.45, 7) is 8.83. The number of aromatic nitrogens is 3. The number of fused-ring (bicyclic) bond motifs is 1. The van der Waals surface area contributed by atoms with Gasteiger partial charge in [-0.1, -0.05) is 6.07 Å². The molecule has 0 spiro atoms. The first-order valence-electron chi connectivity index (χ1n) is 10.6. The van der Waals surface area contributed by atoms with Crippen LogP contribution in [0.25, 0.3) is 27.7 Å². The molecule has 9 heteroatoms. The SMILES string of the molecule is CC(C)(C)OC=O.CCn1nc(C(F)(F)F)cc1-c1ccc2[nH]c(C3=CC=NCC3)cc2c1. The van der Waals surface area contributed by atoms with E-state index in [0.29, 0.717) is 24.3 Å². The lowest BCUT2D eigenvalue weighted by Gasteiger charge is -2.14. The molecule has 0 unspecified atom stereocenters. The van der Waals surface area contributed by atoms with E-state index >= 15 is 0 Å². The normalized spacial score (nSPS) is 14.0. The van der Waals surface area contributed by atoms with Crippen molar-refractivity contribution in [1.29, 1.82) is 0 Å². The zero-order chi connectivity index (χ0) is 24.2. The maximum absolute atomic E-state index is 13.0. The summed E-state index contributed by atoms with van der Waals surface area (Å²) in [5, 5.41) is 4.65. The molecule has 1 aromatic carbocycles. The molecule has 33 heavy (non-hydrogen) atoms. The van der Waals surface area contributed by atoms with Gasteiger partial charge in [0.1, 0.15) is 5.60 Å². The van der Waals surface area contributed by atoms with Gasteiger partial charge in [0.2, 0.25) is 0 Å². The number of allylic oxidation sites excluding steroid dienone is 1. The number of nitrogens with one attached hydrogen (secondary N) is 1. The molecule has 0 fully saturated rings. The Morgan fingerprint density at radius 1 is 1.18 bits per heavy atom. The monoisotopic (exact) mass is 460 g/mol. The van der Waals surface area contributed by atoms with Crippen LogP contribution in [0, 0.1) is 0 Å². The molecule has 3 heterocycles. The van der Waals surface area contributed by atoms with Crippen molar-refractivity contribution in [3.8, 4) is 11.3 Å². The van der Waals surface area contributed by atoms with Crippen molar-refractivity contribution in [2.24, 2.45) is 4.99 Å². The third-order valence-corrected chi connectivity index (χ3v) is 4.93. The summed E-state index contributed by atoms with van der Waals surface area (Å²) in [7, 11) is 0. The number of alkyl halides is 3. The second-order valence-corrected chi connectivity index (χ2v) is 8.54. The topological polar surface area (TPSA) is 72.3 Å². The Kier molecular flexibility index (Phi) is 7.09. The van der Waals surface area contributed by atoms with Gasteiger partial charge in [-0.3, -0.25) is 14.5 Å². The Labute approximate surface area is 190 Å². The molecule has 3 aromatic rings. The number of dihydropyridines is 1. The van der Waals surface area contributed by atoms with E-state index < -0.39 is 11.9 Å². The Morgan fingerprint density at radius 3 is 2.48 bits per heavy atom. The number of rotatable bonds is 4. The molecule has 1 aliphatic heterocycles. The van der Waals surface area contributed by atoms with E-state index in [-0.39, 0.29) is 5.60 Å². The Balaban J connectivity index is 0.000000383. The average Bonchev–Trinajstić information content (AvgIpc) is 3.37. The molecule has 0 saturated heterocycles. The van der Waals surface area contributed by atoms with Crippen molar-refractivity contribution in [1.82, 2.24) is 14.8 Å². The first-order chi connectivity index (χ1) is 15.5. The average molecular weight is 461 g/mol.